The second-order valence-corrected chi connectivity index (χ2v) is 5.62. The molecule has 3 heteroatoms. The summed E-state index contributed by atoms with van der Waals surface area (Å²) < 4.78 is 0. The minimum Gasteiger partial charge on any atom is -0.341 e. The van der Waals surface area contributed by atoms with E-state index in [2.05, 4.69) is 47.4 Å². The molecule has 0 radical (unpaired) electrons. The molecule has 104 valence electrons. The van der Waals surface area contributed by atoms with Crippen LogP contribution in [0.5, 0.6) is 0 Å². The van der Waals surface area contributed by atoms with Crippen molar-refractivity contribution in [2.45, 2.75) is 19.3 Å². The van der Waals surface area contributed by atoms with Gasteiger partial charge >= 0.3 is 0 Å². The van der Waals surface area contributed by atoms with Crippen molar-refractivity contribution in [1.82, 2.24) is 0 Å². The zero-order valence-electron chi connectivity index (χ0n) is 11.5. The number of allylic oxidation sites excluding steroid dienone is 5. The summed E-state index contributed by atoms with van der Waals surface area (Å²) in [6.45, 7) is 1.63. The lowest BCUT2D eigenvalue weighted by molar-refractivity contribution is 0.793. The number of halogens is 1. The van der Waals surface area contributed by atoms with Crippen molar-refractivity contribution >= 4 is 17.3 Å². The van der Waals surface area contributed by atoms with Crippen LogP contribution >= 0.6 is 11.6 Å². The van der Waals surface area contributed by atoms with E-state index in [0.717, 1.165) is 30.8 Å². The van der Waals surface area contributed by atoms with Gasteiger partial charge in [0, 0.05) is 23.0 Å². The highest BCUT2D eigenvalue weighted by Crippen LogP contribution is 2.36. The Morgan fingerprint density at radius 2 is 2.00 bits per heavy atom. The van der Waals surface area contributed by atoms with E-state index in [4.69, 9.17) is 17.3 Å². The summed E-state index contributed by atoms with van der Waals surface area (Å²) in [7, 11) is 0. The van der Waals surface area contributed by atoms with Crippen molar-refractivity contribution in [3.05, 3.63) is 64.4 Å². The van der Waals surface area contributed by atoms with Crippen LogP contribution in [0.15, 0.2) is 58.8 Å². The van der Waals surface area contributed by atoms with Crippen LogP contribution in [-0.4, -0.2) is 13.1 Å². The lowest BCUT2D eigenvalue weighted by atomic mass is 10.0. The van der Waals surface area contributed by atoms with Crippen LogP contribution in [0.3, 0.4) is 0 Å². The molecule has 0 saturated carbocycles. The van der Waals surface area contributed by atoms with Crippen LogP contribution < -0.4 is 10.6 Å². The highest BCUT2D eigenvalue weighted by molar-refractivity contribution is 6.31. The summed E-state index contributed by atoms with van der Waals surface area (Å²) in [5, 5.41) is 0.828. The van der Waals surface area contributed by atoms with E-state index in [-0.39, 0.29) is 0 Å². The number of hydrogen-bond donors (Lipinski definition) is 1. The van der Waals surface area contributed by atoms with E-state index in [1.54, 1.807) is 0 Å². The topological polar surface area (TPSA) is 29.3 Å². The summed E-state index contributed by atoms with van der Waals surface area (Å²) >= 11 is 6.22. The van der Waals surface area contributed by atoms with Gasteiger partial charge in [0.15, 0.2) is 0 Å². The maximum Gasteiger partial charge on any atom is 0.0458 e. The number of nitrogens with zero attached hydrogens (tertiary/aromatic N) is 1. The van der Waals surface area contributed by atoms with Gasteiger partial charge < -0.3 is 10.6 Å². The van der Waals surface area contributed by atoms with Gasteiger partial charge in [0.25, 0.3) is 0 Å². The quantitative estimate of drug-likeness (QED) is 0.917. The normalized spacial score (nSPS) is 17.5. The standard InChI is InChI=1S/C17H19ClN2/c18-15-9-8-14-7-6-13-4-1-2-5-16(13)20(11-3-10-19)17(14)12-15/h1-2,4-5,7,9,12H,3,6,8,10-11,19H2. The number of hydrogen-bond acceptors (Lipinski definition) is 2. The van der Waals surface area contributed by atoms with Crippen LogP contribution in [-0.2, 0) is 6.42 Å². The Labute approximate surface area is 125 Å². The number of fused-ring (bicyclic) bond motifs is 2. The van der Waals surface area contributed by atoms with Crippen LogP contribution in [0, 0.1) is 0 Å². The fourth-order valence-electron chi connectivity index (χ4n) is 2.83. The molecular weight excluding hydrogens is 268 g/mol. The largest absolute Gasteiger partial charge is 0.341 e. The van der Waals surface area contributed by atoms with E-state index < -0.39 is 0 Å². The van der Waals surface area contributed by atoms with E-state index in [1.807, 2.05) is 0 Å². The van der Waals surface area contributed by atoms with E-state index in [9.17, 15) is 0 Å². The molecule has 0 saturated heterocycles. The molecule has 0 spiro atoms. The van der Waals surface area contributed by atoms with Gasteiger partial charge in [-0.15, -0.1) is 0 Å². The first-order valence-electron chi connectivity index (χ1n) is 7.12. The molecule has 1 aromatic carbocycles. The van der Waals surface area contributed by atoms with Crippen molar-refractivity contribution in [3.63, 3.8) is 0 Å². The molecule has 3 rings (SSSR count). The highest BCUT2D eigenvalue weighted by atomic mass is 35.5. The molecule has 1 aliphatic carbocycles. The third-order valence-electron chi connectivity index (χ3n) is 3.85. The average molecular weight is 287 g/mol. The SMILES string of the molecule is NCCCN1C2=CC(Cl)=CCC2=CCc2ccccc21. The van der Waals surface area contributed by atoms with Crippen molar-refractivity contribution in [2.24, 2.45) is 5.73 Å². The van der Waals surface area contributed by atoms with Gasteiger partial charge in [-0.2, -0.15) is 0 Å². The van der Waals surface area contributed by atoms with E-state index >= 15 is 0 Å². The molecule has 0 aromatic heterocycles. The maximum absolute atomic E-state index is 6.22. The van der Waals surface area contributed by atoms with Gasteiger partial charge in [-0.3, -0.25) is 0 Å². The Bertz CT molecular complexity index is 599. The van der Waals surface area contributed by atoms with Gasteiger partial charge in [-0.25, -0.2) is 0 Å². The first-order valence-corrected chi connectivity index (χ1v) is 7.49. The third kappa shape index (κ3) is 2.54. The first-order chi connectivity index (χ1) is 9.79. The van der Waals surface area contributed by atoms with Crippen LogP contribution in [0.4, 0.5) is 5.69 Å². The van der Waals surface area contributed by atoms with Gasteiger partial charge in [-0.05, 0) is 49.1 Å². The zero-order valence-corrected chi connectivity index (χ0v) is 12.2. The molecule has 20 heavy (non-hydrogen) atoms. The molecular formula is C17H19ClN2. The van der Waals surface area contributed by atoms with Gasteiger partial charge in [0.2, 0.25) is 0 Å². The Morgan fingerprint density at radius 1 is 1.15 bits per heavy atom. The Kier molecular flexibility index (Phi) is 3.95. The van der Waals surface area contributed by atoms with Gasteiger partial charge in [0.1, 0.15) is 0 Å². The summed E-state index contributed by atoms with van der Waals surface area (Å²) in [6, 6.07) is 8.59. The molecule has 2 aliphatic rings. The van der Waals surface area contributed by atoms with Crippen LogP contribution in [0.2, 0.25) is 0 Å². The Morgan fingerprint density at radius 3 is 2.85 bits per heavy atom. The van der Waals surface area contributed by atoms with E-state index in [1.165, 1.54) is 22.5 Å². The molecule has 0 atom stereocenters. The minimum atomic E-state index is 0.703. The molecule has 1 aromatic rings. The summed E-state index contributed by atoms with van der Waals surface area (Å²) in [4.78, 5) is 2.37. The van der Waals surface area contributed by atoms with Crippen molar-refractivity contribution in [1.29, 1.82) is 0 Å². The lowest BCUT2D eigenvalue weighted by Gasteiger charge is -2.30. The smallest absolute Gasteiger partial charge is 0.0458 e. The number of anilines is 1. The summed E-state index contributed by atoms with van der Waals surface area (Å²) in [5.41, 5.74) is 10.9. The zero-order chi connectivity index (χ0) is 13.9. The van der Waals surface area contributed by atoms with Crippen molar-refractivity contribution < 1.29 is 0 Å². The summed E-state index contributed by atoms with van der Waals surface area (Å²) in [5.74, 6) is 0. The monoisotopic (exact) mass is 286 g/mol. The predicted octanol–water partition coefficient (Wildman–Crippen LogP) is 3.73. The molecule has 1 aliphatic heterocycles. The van der Waals surface area contributed by atoms with Crippen LogP contribution in [0.25, 0.3) is 0 Å². The second-order valence-electron chi connectivity index (χ2n) is 5.18. The molecule has 1 heterocycles. The molecule has 0 unspecified atom stereocenters. The third-order valence-corrected chi connectivity index (χ3v) is 4.11. The summed E-state index contributed by atoms with van der Waals surface area (Å²) in [6.07, 6.45) is 9.35. The molecule has 0 bridgehead atoms. The predicted molar refractivity (Wildman–Crippen MR) is 85.9 cm³/mol. The number of para-hydroxylation sites is 1. The fourth-order valence-corrected chi connectivity index (χ4v) is 3.01. The lowest BCUT2D eigenvalue weighted by Crippen LogP contribution is -2.27. The number of nitrogens with two attached hydrogens (primary N) is 1. The fraction of sp³-hybridized carbons (Fsp3) is 0.294. The number of rotatable bonds is 3. The maximum atomic E-state index is 6.22. The molecule has 2 N–H and O–H groups in total. The van der Waals surface area contributed by atoms with Crippen molar-refractivity contribution in [2.75, 3.05) is 18.0 Å². The highest BCUT2D eigenvalue weighted by Gasteiger charge is 2.22. The average Bonchev–Trinajstić information content (AvgIpc) is 2.62. The van der Waals surface area contributed by atoms with E-state index in [0.29, 0.717) is 6.54 Å². The number of benzene rings is 1. The molecule has 0 amide bonds. The van der Waals surface area contributed by atoms with Gasteiger partial charge in [-0.1, -0.05) is 42.0 Å². The first kappa shape index (κ1) is 13.5. The molecule has 0 fully saturated rings. The van der Waals surface area contributed by atoms with Crippen molar-refractivity contribution in [3.8, 4) is 0 Å². The molecule has 2 nitrogen and oxygen atoms in total. The van der Waals surface area contributed by atoms with Gasteiger partial charge in [0.05, 0.1) is 0 Å². The second kappa shape index (κ2) is 5.86. The Balaban J connectivity index is 2.07. The minimum absolute atomic E-state index is 0.703. The Hall–Kier alpha value is -1.51. The van der Waals surface area contributed by atoms with Crippen LogP contribution in [0.1, 0.15) is 18.4 Å².